The standard InChI is InChI=1S/C17H23NO4/c19-16(20)7-6-15(12-13-4-2-1-3-5-13)18-17(21)14-8-10-22-11-9-14/h1-5,14-15H,6-12H2,(H,18,21)(H,19,20). The maximum Gasteiger partial charge on any atom is 0.303 e. The first-order chi connectivity index (χ1) is 10.6. The Bertz CT molecular complexity index is 483. The number of aliphatic carboxylic acids is 1. The van der Waals surface area contributed by atoms with Crippen molar-refractivity contribution in [2.45, 2.75) is 38.1 Å². The number of carbonyl (C=O) groups is 2. The fourth-order valence-electron chi connectivity index (χ4n) is 2.70. The number of carboxylic acid groups (broad SMARTS) is 1. The van der Waals surface area contributed by atoms with E-state index in [0.717, 1.165) is 18.4 Å². The Hall–Kier alpha value is -1.88. The zero-order valence-corrected chi connectivity index (χ0v) is 12.7. The van der Waals surface area contributed by atoms with Crippen molar-refractivity contribution in [3.63, 3.8) is 0 Å². The molecule has 22 heavy (non-hydrogen) atoms. The minimum absolute atomic E-state index is 0.0168. The molecule has 0 saturated carbocycles. The van der Waals surface area contributed by atoms with Gasteiger partial charge in [0, 0.05) is 31.6 Å². The number of benzene rings is 1. The number of rotatable bonds is 7. The molecule has 0 bridgehead atoms. The molecule has 2 N–H and O–H groups in total. The highest BCUT2D eigenvalue weighted by Gasteiger charge is 2.24. The summed E-state index contributed by atoms with van der Waals surface area (Å²) in [5, 5.41) is 11.9. The third kappa shape index (κ3) is 5.48. The Labute approximate surface area is 130 Å². The van der Waals surface area contributed by atoms with Gasteiger partial charge in [0.2, 0.25) is 5.91 Å². The Kier molecular flexibility index (Phi) is 6.40. The normalized spacial score (nSPS) is 16.9. The highest BCUT2D eigenvalue weighted by atomic mass is 16.5. The smallest absolute Gasteiger partial charge is 0.303 e. The van der Waals surface area contributed by atoms with E-state index in [9.17, 15) is 9.59 Å². The lowest BCUT2D eigenvalue weighted by molar-refractivity contribution is -0.137. The maximum absolute atomic E-state index is 12.3. The molecule has 1 aliphatic rings. The molecule has 5 nitrogen and oxygen atoms in total. The van der Waals surface area contributed by atoms with E-state index in [1.54, 1.807) is 0 Å². The minimum atomic E-state index is -0.835. The number of amides is 1. The first-order valence-electron chi connectivity index (χ1n) is 7.79. The molecule has 1 atom stereocenters. The highest BCUT2D eigenvalue weighted by Crippen LogP contribution is 2.16. The van der Waals surface area contributed by atoms with Crippen molar-refractivity contribution >= 4 is 11.9 Å². The lowest BCUT2D eigenvalue weighted by Crippen LogP contribution is -2.42. The molecule has 1 heterocycles. The fourth-order valence-corrected chi connectivity index (χ4v) is 2.70. The van der Waals surface area contributed by atoms with Crippen LogP contribution < -0.4 is 5.32 Å². The summed E-state index contributed by atoms with van der Waals surface area (Å²) in [4.78, 5) is 23.1. The lowest BCUT2D eigenvalue weighted by Gasteiger charge is -2.25. The van der Waals surface area contributed by atoms with Crippen LogP contribution in [0.1, 0.15) is 31.2 Å². The largest absolute Gasteiger partial charge is 0.481 e. The Morgan fingerprint density at radius 3 is 2.55 bits per heavy atom. The number of hydrogen-bond acceptors (Lipinski definition) is 3. The average molecular weight is 305 g/mol. The van der Waals surface area contributed by atoms with Crippen LogP contribution in [-0.2, 0) is 20.7 Å². The van der Waals surface area contributed by atoms with Crippen molar-refractivity contribution in [1.29, 1.82) is 0 Å². The van der Waals surface area contributed by atoms with Crippen LogP contribution in [0.15, 0.2) is 30.3 Å². The number of ether oxygens (including phenoxy) is 1. The van der Waals surface area contributed by atoms with Crippen molar-refractivity contribution in [2.75, 3.05) is 13.2 Å². The van der Waals surface area contributed by atoms with Crippen molar-refractivity contribution in [2.24, 2.45) is 5.92 Å². The summed E-state index contributed by atoms with van der Waals surface area (Å²) < 4.78 is 5.27. The van der Waals surface area contributed by atoms with Gasteiger partial charge in [0.25, 0.3) is 0 Å². The van der Waals surface area contributed by atoms with Crippen LogP contribution >= 0.6 is 0 Å². The van der Waals surface area contributed by atoms with E-state index in [-0.39, 0.29) is 24.3 Å². The van der Waals surface area contributed by atoms with Crippen molar-refractivity contribution in [3.8, 4) is 0 Å². The summed E-state index contributed by atoms with van der Waals surface area (Å²) in [5.41, 5.74) is 1.10. The lowest BCUT2D eigenvalue weighted by atomic mass is 9.97. The van der Waals surface area contributed by atoms with Crippen LogP contribution in [0.5, 0.6) is 0 Å². The summed E-state index contributed by atoms with van der Waals surface area (Å²) in [5.74, 6) is -0.829. The number of nitrogens with one attached hydrogen (secondary N) is 1. The quantitative estimate of drug-likeness (QED) is 0.808. The molecule has 1 aliphatic heterocycles. The second-order valence-electron chi connectivity index (χ2n) is 5.71. The highest BCUT2D eigenvalue weighted by molar-refractivity contribution is 5.79. The molecule has 1 unspecified atom stereocenters. The average Bonchev–Trinajstić information content (AvgIpc) is 2.54. The first-order valence-corrected chi connectivity index (χ1v) is 7.79. The molecule has 0 radical (unpaired) electrons. The van der Waals surface area contributed by atoms with Gasteiger partial charge in [0.1, 0.15) is 0 Å². The van der Waals surface area contributed by atoms with E-state index >= 15 is 0 Å². The third-order valence-electron chi connectivity index (χ3n) is 3.97. The second-order valence-corrected chi connectivity index (χ2v) is 5.71. The predicted octanol–water partition coefficient (Wildman–Crippen LogP) is 2.01. The van der Waals surface area contributed by atoms with Gasteiger partial charge in [-0.15, -0.1) is 0 Å². The molecule has 120 valence electrons. The van der Waals surface area contributed by atoms with E-state index in [1.807, 2.05) is 30.3 Å². The SMILES string of the molecule is O=C(O)CCC(Cc1ccccc1)NC(=O)C1CCOCC1. The van der Waals surface area contributed by atoms with Crippen molar-refractivity contribution in [1.82, 2.24) is 5.32 Å². The molecule has 1 aromatic rings. The number of hydrogen-bond donors (Lipinski definition) is 2. The van der Waals surface area contributed by atoms with Crippen LogP contribution in [-0.4, -0.2) is 36.2 Å². The maximum atomic E-state index is 12.3. The Morgan fingerprint density at radius 1 is 1.23 bits per heavy atom. The molecule has 0 aromatic heterocycles. The van der Waals surface area contributed by atoms with E-state index in [0.29, 0.717) is 26.1 Å². The molecule has 1 aromatic carbocycles. The van der Waals surface area contributed by atoms with Gasteiger partial charge in [0.15, 0.2) is 0 Å². The molecular weight excluding hydrogens is 282 g/mol. The third-order valence-corrected chi connectivity index (χ3v) is 3.97. The van der Waals surface area contributed by atoms with Crippen LogP contribution in [0.2, 0.25) is 0 Å². The van der Waals surface area contributed by atoms with Crippen LogP contribution in [0, 0.1) is 5.92 Å². The molecular formula is C17H23NO4. The molecule has 5 heteroatoms. The topological polar surface area (TPSA) is 75.6 Å². The summed E-state index contributed by atoms with van der Waals surface area (Å²) in [6.45, 7) is 1.24. The zero-order valence-electron chi connectivity index (χ0n) is 12.7. The Balaban J connectivity index is 1.93. The van der Waals surface area contributed by atoms with Crippen LogP contribution in [0.3, 0.4) is 0 Å². The fraction of sp³-hybridized carbons (Fsp3) is 0.529. The van der Waals surface area contributed by atoms with Gasteiger partial charge >= 0.3 is 5.97 Å². The minimum Gasteiger partial charge on any atom is -0.481 e. The predicted molar refractivity (Wildman–Crippen MR) is 82.5 cm³/mol. The second kappa shape index (κ2) is 8.54. The number of carbonyl (C=O) groups excluding carboxylic acids is 1. The molecule has 2 rings (SSSR count). The monoisotopic (exact) mass is 305 g/mol. The Morgan fingerprint density at radius 2 is 1.91 bits per heavy atom. The van der Waals surface area contributed by atoms with Gasteiger partial charge in [-0.1, -0.05) is 30.3 Å². The van der Waals surface area contributed by atoms with Gasteiger partial charge in [-0.25, -0.2) is 0 Å². The van der Waals surface area contributed by atoms with E-state index in [1.165, 1.54) is 0 Å². The molecule has 1 saturated heterocycles. The van der Waals surface area contributed by atoms with Crippen molar-refractivity contribution < 1.29 is 19.4 Å². The van der Waals surface area contributed by atoms with Crippen LogP contribution in [0.25, 0.3) is 0 Å². The molecule has 1 fully saturated rings. The summed E-state index contributed by atoms with van der Waals surface area (Å²) in [6.07, 6.45) is 2.64. The van der Waals surface area contributed by atoms with E-state index in [2.05, 4.69) is 5.32 Å². The van der Waals surface area contributed by atoms with Gasteiger partial charge in [0.05, 0.1) is 0 Å². The van der Waals surface area contributed by atoms with Gasteiger partial charge in [-0.05, 0) is 31.2 Å². The zero-order chi connectivity index (χ0) is 15.8. The molecule has 0 aliphatic carbocycles. The summed E-state index contributed by atoms with van der Waals surface area (Å²) in [7, 11) is 0. The van der Waals surface area contributed by atoms with Gasteiger partial charge in [-0.2, -0.15) is 0 Å². The van der Waals surface area contributed by atoms with E-state index < -0.39 is 5.97 Å². The van der Waals surface area contributed by atoms with Crippen molar-refractivity contribution in [3.05, 3.63) is 35.9 Å². The van der Waals surface area contributed by atoms with E-state index in [4.69, 9.17) is 9.84 Å². The summed E-state index contributed by atoms with van der Waals surface area (Å²) >= 11 is 0. The summed E-state index contributed by atoms with van der Waals surface area (Å²) in [6, 6.07) is 9.68. The van der Waals surface area contributed by atoms with Gasteiger partial charge < -0.3 is 15.2 Å². The number of carboxylic acids is 1. The first kappa shape index (κ1) is 16.5. The van der Waals surface area contributed by atoms with Crippen LogP contribution in [0.4, 0.5) is 0 Å². The molecule has 0 spiro atoms. The van der Waals surface area contributed by atoms with Gasteiger partial charge in [-0.3, -0.25) is 9.59 Å². The molecule has 1 amide bonds.